The lowest BCUT2D eigenvalue weighted by molar-refractivity contribution is 0.0692. The van der Waals surface area contributed by atoms with Crippen molar-refractivity contribution >= 4 is 35.0 Å². The van der Waals surface area contributed by atoms with Gasteiger partial charge in [0.2, 0.25) is 0 Å². The van der Waals surface area contributed by atoms with Crippen molar-refractivity contribution in [3.63, 3.8) is 0 Å². The zero-order valence-electron chi connectivity index (χ0n) is 16.5. The van der Waals surface area contributed by atoms with Gasteiger partial charge in [0.15, 0.2) is 0 Å². The molecule has 4 amide bonds. The first kappa shape index (κ1) is 20.0. The molecule has 2 heterocycles. The van der Waals surface area contributed by atoms with Gasteiger partial charge in [-0.3, -0.25) is 24.1 Å². The molecule has 0 atom stereocenters. The number of aryl methyl sites for hydroxylation is 1. The summed E-state index contributed by atoms with van der Waals surface area (Å²) in [6.07, 6.45) is 1.35. The molecule has 0 saturated carbocycles. The quantitative estimate of drug-likeness (QED) is 0.627. The second-order valence-electron chi connectivity index (χ2n) is 6.92. The van der Waals surface area contributed by atoms with E-state index in [1.165, 1.54) is 49.7 Å². The summed E-state index contributed by atoms with van der Waals surface area (Å²) in [5.41, 5.74) is 0.883. The van der Waals surface area contributed by atoms with E-state index in [-0.39, 0.29) is 33.6 Å². The van der Waals surface area contributed by atoms with Gasteiger partial charge in [0, 0.05) is 18.3 Å². The Balaban J connectivity index is 1.54. The van der Waals surface area contributed by atoms with Crippen molar-refractivity contribution < 1.29 is 28.0 Å². The van der Waals surface area contributed by atoms with Gasteiger partial charge in [0.25, 0.3) is 23.6 Å². The van der Waals surface area contributed by atoms with Gasteiger partial charge in [-0.2, -0.15) is 0 Å². The van der Waals surface area contributed by atoms with Gasteiger partial charge < -0.3 is 15.1 Å². The highest BCUT2D eigenvalue weighted by atomic mass is 19.1. The third kappa shape index (κ3) is 3.57. The second-order valence-corrected chi connectivity index (χ2v) is 6.92. The number of carbonyl (C=O) groups is 4. The smallest absolute Gasteiger partial charge is 0.261 e. The Morgan fingerprint density at radius 1 is 0.935 bits per heavy atom. The lowest BCUT2D eigenvalue weighted by Crippen LogP contribution is -2.24. The van der Waals surface area contributed by atoms with Crippen molar-refractivity contribution in [3.05, 3.63) is 82.6 Å². The van der Waals surface area contributed by atoms with Crippen LogP contribution in [0.3, 0.4) is 0 Å². The van der Waals surface area contributed by atoms with Crippen LogP contribution in [0.1, 0.15) is 47.2 Å². The topological polar surface area (TPSA) is 109 Å². The van der Waals surface area contributed by atoms with Crippen LogP contribution in [0, 0.1) is 12.7 Å². The zero-order valence-corrected chi connectivity index (χ0v) is 16.5. The maximum absolute atomic E-state index is 14.2. The molecule has 0 bridgehead atoms. The molecule has 1 aliphatic rings. The molecule has 1 aliphatic heterocycles. The highest BCUT2D eigenvalue weighted by Crippen LogP contribution is 2.25. The lowest BCUT2D eigenvalue weighted by atomic mass is 10.1. The molecule has 1 aromatic heterocycles. The van der Waals surface area contributed by atoms with E-state index in [2.05, 4.69) is 10.6 Å². The molecule has 0 saturated heterocycles. The second kappa shape index (κ2) is 7.52. The highest BCUT2D eigenvalue weighted by Gasteiger charge is 2.33. The SMILES string of the molecule is Cc1occc1C(=O)Nc1cc(NC(=O)c2ccc3c(c2)C(=O)N(C)C3=O)ccc1F. The van der Waals surface area contributed by atoms with E-state index in [4.69, 9.17) is 4.42 Å². The van der Waals surface area contributed by atoms with Crippen LogP contribution in [-0.2, 0) is 0 Å². The molecule has 2 N–H and O–H groups in total. The molecule has 0 unspecified atom stereocenters. The first-order valence-corrected chi connectivity index (χ1v) is 9.19. The van der Waals surface area contributed by atoms with E-state index in [1.807, 2.05) is 0 Å². The Labute approximate surface area is 175 Å². The predicted molar refractivity (Wildman–Crippen MR) is 109 cm³/mol. The summed E-state index contributed by atoms with van der Waals surface area (Å²) in [5, 5.41) is 5.03. The van der Waals surface area contributed by atoms with E-state index in [0.29, 0.717) is 5.76 Å². The van der Waals surface area contributed by atoms with Crippen molar-refractivity contribution in [1.29, 1.82) is 0 Å². The fourth-order valence-electron chi connectivity index (χ4n) is 3.21. The van der Waals surface area contributed by atoms with Crippen LogP contribution in [0.25, 0.3) is 0 Å². The van der Waals surface area contributed by atoms with E-state index < -0.39 is 29.4 Å². The molecule has 0 fully saturated rings. The van der Waals surface area contributed by atoms with Gasteiger partial charge in [-0.15, -0.1) is 0 Å². The molecular formula is C22H16FN3O5. The van der Waals surface area contributed by atoms with Crippen LogP contribution in [-0.4, -0.2) is 35.6 Å². The summed E-state index contributed by atoms with van der Waals surface area (Å²) in [4.78, 5) is 50.0. The molecule has 31 heavy (non-hydrogen) atoms. The van der Waals surface area contributed by atoms with E-state index in [1.54, 1.807) is 6.92 Å². The lowest BCUT2D eigenvalue weighted by Gasteiger charge is -2.10. The number of anilines is 2. The first-order valence-electron chi connectivity index (χ1n) is 9.19. The third-order valence-corrected chi connectivity index (χ3v) is 4.93. The summed E-state index contributed by atoms with van der Waals surface area (Å²) < 4.78 is 19.2. The third-order valence-electron chi connectivity index (χ3n) is 4.93. The maximum atomic E-state index is 14.2. The standard InChI is InChI=1S/C22H16FN3O5/c1-11-14(7-8-31-11)20(28)25-18-10-13(4-6-17(18)23)24-19(27)12-3-5-15-16(9-12)22(30)26(2)21(15)29/h3-10H,1-2H3,(H,24,27)(H,25,28). The number of carbonyl (C=O) groups excluding carboxylic acids is 4. The normalized spacial score (nSPS) is 12.7. The Morgan fingerprint density at radius 3 is 2.39 bits per heavy atom. The van der Waals surface area contributed by atoms with Gasteiger partial charge in [-0.05, 0) is 49.4 Å². The molecule has 156 valence electrons. The van der Waals surface area contributed by atoms with Crippen molar-refractivity contribution in [1.82, 2.24) is 4.90 Å². The summed E-state index contributed by atoms with van der Waals surface area (Å²) in [6, 6.07) is 9.35. The molecule has 0 aliphatic carbocycles. The number of imide groups is 1. The summed E-state index contributed by atoms with van der Waals surface area (Å²) in [5.74, 6) is -2.34. The molecule has 8 nitrogen and oxygen atoms in total. The van der Waals surface area contributed by atoms with Crippen LogP contribution in [0.15, 0.2) is 53.1 Å². The molecule has 2 aromatic carbocycles. The summed E-state index contributed by atoms with van der Waals surface area (Å²) in [7, 11) is 1.36. The van der Waals surface area contributed by atoms with E-state index >= 15 is 0 Å². The number of hydrogen-bond donors (Lipinski definition) is 2. The van der Waals surface area contributed by atoms with Gasteiger partial charge >= 0.3 is 0 Å². The number of nitrogens with one attached hydrogen (secondary N) is 2. The number of amides is 4. The highest BCUT2D eigenvalue weighted by molar-refractivity contribution is 6.22. The Morgan fingerprint density at radius 2 is 1.68 bits per heavy atom. The van der Waals surface area contributed by atoms with Crippen LogP contribution in [0.2, 0.25) is 0 Å². The van der Waals surface area contributed by atoms with Crippen LogP contribution in [0.4, 0.5) is 15.8 Å². The average molecular weight is 421 g/mol. The predicted octanol–water partition coefficient (Wildman–Crippen LogP) is 3.46. The first-order chi connectivity index (χ1) is 14.8. The maximum Gasteiger partial charge on any atom is 0.261 e. The van der Waals surface area contributed by atoms with Crippen molar-refractivity contribution in [3.8, 4) is 0 Å². The monoisotopic (exact) mass is 421 g/mol. The van der Waals surface area contributed by atoms with Crippen molar-refractivity contribution in [2.24, 2.45) is 0 Å². The number of rotatable bonds is 4. The van der Waals surface area contributed by atoms with Gasteiger partial charge in [0.05, 0.1) is 28.6 Å². The van der Waals surface area contributed by atoms with Crippen LogP contribution >= 0.6 is 0 Å². The largest absolute Gasteiger partial charge is 0.469 e. The molecule has 0 spiro atoms. The Bertz CT molecular complexity index is 1260. The van der Waals surface area contributed by atoms with E-state index in [0.717, 1.165) is 11.0 Å². The number of nitrogens with zero attached hydrogens (tertiary/aromatic N) is 1. The average Bonchev–Trinajstić information content (AvgIpc) is 3.27. The fourth-order valence-corrected chi connectivity index (χ4v) is 3.21. The number of benzene rings is 2. The van der Waals surface area contributed by atoms with Gasteiger partial charge in [-0.1, -0.05) is 0 Å². The molecule has 3 aromatic rings. The van der Waals surface area contributed by atoms with Crippen molar-refractivity contribution in [2.75, 3.05) is 17.7 Å². The number of furan rings is 1. The van der Waals surface area contributed by atoms with E-state index in [9.17, 15) is 23.6 Å². The molecule has 4 rings (SSSR count). The summed E-state index contributed by atoms with van der Waals surface area (Å²) in [6.45, 7) is 1.61. The van der Waals surface area contributed by atoms with Gasteiger partial charge in [0.1, 0.15) is 11.6 Å². The Kier molecular flexibility index (Phi) is 4.86. The van der Waals surface area contributed by atoms with Gasteiger partial charge in [-0.25, -0.2) is 4.39 Å². The number of halogens is 1. The zero-order chi connectivity index (χ0) is 22.3. The summed E-state index contributed by atoms with van der Waals surface area (Å²) >= 11 is 0. The molecule has 0 radical (unpaired) electrons. The minimum absolute atomic E-state index is 0.125. The minimum atomic E-state index is -0.683. The van der Waals surface area contributed by atoms with Crippen molar-refractivity contribution in [2.45, 2.75) is 6.92 Å². The fraction of sp³-hybridized carbons (Fsp3) is 0.0909. The van der Waals surface area contributed by atoms with Crippen LogP contribution in [0.5, 0.6) is 0 Å². The minimum Gasteiger partial charge on any atom is -0.469 e. The number of hydrogen-bond acceptors (Lipinski definition) is 5. The molecular weight excluding hydrogens is 405 g/mol. The van der Waals surface area contributed by atoms with Crippen LogP contribution < -0.4 is 10.6 Å². The molecule has 9 heteroatoms. The number of fused-ring (bicyclic) bond motifs is 1. The Hall–Kier alpha value is -4.27.